The van der Waals surface area contributed by atoms with Gasteiger partial charge in [-0.25, -0.2) is 0 Å². The monoisotopic (exact) mass is 547 g/mol. The van der Waals surface area contributed by atoms with Gasteiger partial charge >= 0.3 is 0 Å². The summed E-state index contributed by atoms with van der Waals surface area (Å²) in [7, 11) is 0. The molecule has 5 rings (SSSR count). The minimum Gasteiger partial charge on any atom is -0.394 e. The summed E-state index contributed by atoms with van der Waals surface area (Å²) in [4.78, 5) is 44.2. The van der Waals surface area contributed by atoms with E-state index in [-0.39, 0.29) is 30.2 Å². The molecule has 0 aliphatic carbocycles. The first-order valence-electron chi connectivity index (χ1n) is 14.4. The van der Waals surface area contributed by atoms with E-state index in [4.69, 9.17) is 4.74 Å². The fourth-order valence-corrected chi connectivity index (χ4v) is 7.38. The van der Waals surface area contributed by atoms with Crippen LogP contribution in [0.5, 0.6) is 0 Å². The topological polar surface area (TPSA) is 108 Å². The van der Waals surface area contributed by atoms with Gasteiger partial charge in [-0.3, -0.25) is 14.4 Å². The number of nitrogens with zero attached hydrogens (tertiary/aromatic N) is 1. The molecule has 8 heteroatoms. The lowest BCUT2D eigenvalue weighted by molar-refractivity contribution is -0.148. The first kappa shape index (κ1) is 28.3. The van der Waals surface area contributed by atoms with Crippen LogP contribution >= 0.6 is 0 Å². The molecule has 3 N–H and O–H groups in total. The molecule has 3 aliphatic heterocycles. The molecule has 2 unspecified atom stereocenters. The summed E-state index contributed by atoms with van der Waals surface area (Å²) < 4.78 is 6.85. The molecule has 2 aromatic rings. The molecule has 3 aliphatic rings. The van der Waals surface area contributed by atoms with E-state index in [1.165, 1.54) is 0 Å². The third-order valence-electron chi connectivity index (χ3n) is 9.19. The van der Waals surface area contributed by atoms with Crippen LogP contribution in [0.15, 0.2) is 48.5 Å². The second-order valence-electron chi connectivity index (χ2n) is 12.2. The average molecular weight is 548 g/mol. The van der Waals surface area contributed by atoms with Gasteiger partial charge in [0, 0.05) is 11.4 Å². The molecule has 3 heterocycles. The van der Waals surface area contributed by atoms with Crippen LogP contribution in [-0.4, -0.2) is 57.6 Å². The van der Waals surface area contributed by atoms with Gasteiger partial charge in [0.05, 0.1) is 30.1 Å². The number of ether oxygens (including phenoxy) is 1. The molecule has 3 saturated heterocycles. The van der Waals surface area contributed by atoms with Crippen LogP contribution < -0.4 is 10.6 Å². The van der Waals surface area contributed by atoms with E-state index in [1.807, 2.05) is 83.1 Å². The van der Waals surface area contributed by atoms with Gasteiger partial charge in [-0.2, -0.15) is 0 Å². The number of amides is 3. The quantitative estimate of drug-likeness (QED) is 0.430. The van der Waals surface area contributed by atoms with Crippen molar-refractivity contribution in [2.45, 2.75) is 83.6 Å². The summed E-state index contributed by atoms with van der Waals surface area (Å²) in [6, 6.07) is 13.5. The van der Waals surface area contributed by atoms with Crippen LogP contribution in [-0.2, 0) is 19.1 Å². The maximum Gasteiger partial charge on any atom is 0.250 e. The average Bonchev–Trinajstić information content (AvgIpc) is 3.53. The molecule has 3 fully saturated rings. The van der Waals surface area contributed by atoms with Gasteiger partial charge < -0.3 is 25.4 Å². The van der Waals surface area contributed by atoms with Crippen LogP contribution in [0, 0.1) is 31.6 Å². The third-order valence-corrected chi connectivity index (χ3v) is 9.19. The first-order valence-corrected chi connectivity index (χ1v) is 14.4. The van der Waals surface area contributed by atoms with Crippen molar-refractivity contribution in [2.24, 2.45) is 17.8 Å². The Morgan fingerprint density at radius 3 is 2.45 bits per heavy atom. The number of aliphatic hydroxyl groups is 1. The number of nitrogens with one attached hydrogen (secondary N) is 2. The lowest BCUT2D eigenvalue weighted by Gasteiger charge is -2.38. The minimum atomic E-state index is -1.15. The Balaban J connectivity index is 1.58. The van der Waals surface area contributed by atoms with Crippen LogP contribution in [0.3, 0.4) is 0 Å². The number of hydrogen-bond donors (Lipinski definition) is 3. The Bertz CT molecular complexity index is 1300. The van der Waals surface area contributed by atoms with E-state index in [2.05, 4.69) is 10.6 Å². The summed E-state index contributed by atoms with van der Waals surface area (Å²) >= 11 is 0. The van der Waals surface area contributed by atoms with Gasteiger partial charge in [0.1, 0.15) is 11.6 Å². The minimum absolute atomic E-state index is 0.182. The molecular weight excluding hydrogens is 506 g/mol. The van der Waals surface area contributed by atoms with Gasteiger partial charge in [-0.1, -0.05) is 51.1 Å². The van der Waals surface area contributed by atoms with Crippen molar-refractivity contribution in [1.29, 1.82) is 0 Å². The zero-order valence-electron chi connectivity index (χ0n) is 24.1. The third kappa shape index (κ3) is 4.51. The fraction of sp³-hybridized carbons (Fsp3) is 0.531. The van der Waals surface area contributed by atoms with Gasteiger partial charge in [-0.05, 0) is 74.8 Å². The summed E-state index contributed by atoms with van der Waals surface area (Å²) in [6.07, 6.45) is 2.15. The van der Waals surface area contributed by atoms with Gasteiger partial charge in [0.2, 0.25) is 17.7 Å². The molecule has 2 bridgehead atoms. The van der Waals surface area contributed by atoms with E-state index in [0.29, 0.717) is 37.1 Å². The molecule has 214 valence electrons. The predicted octanol–water partition coefficient (Wildman–Crippen LogP) is 4.44. The van der Waals surface area contributed by atoms with Crippen LogP contribution in [0.2, 0.25) is 0 Å². The number of fused-ring (bicyclic) bond motifs is 1. The Hall–Kier alpha value is -3.23. The van der Waals surface area contributed by atoms with Crippen LogP contribution in [0.4, 0.5) is 11.4 Å². The van der Waals surface area contributed by atoms with Crippen LogP contribution in [0.25, 0.3) is 0 Å². The van der Waals surface area contributed by atoms with E-state index >= 15 is 0 Å². The molecule has 40 heavy (non-hydrogen) atoms. The smallest absolute Gasteiger partial charge is 0.250 e. The van der Waals surface area contributed by atoms with Crippen molar-refractivity contribution < 1.29 is 24.2 Å². The summed E-state index contributed by atoms with van der Waals surface area (Å²) in [6.45, 7) is 9.64. The van der Waals surface area contributed by atoms with E-state index in [1.54, 1.807) is 4.90 Å². The number of carbonyl (C=O) groups is 3. The lowest BCUT2D eigenvalue weighted by Crippen LogP contribution is -2.56. The Kier molecular flexibility index (Phi) is 7.52. The highest BCUT2D eigenvalue weighted by atomic mass is 16.5. The number of para-hydroxylation sites is 1. The molecule has 1 spiro atoms. The summed E-state index contributed by atoms with van der Waals surface area (Å²) in [5.74, 6) is -2.29. The van der Waals surface area contributed by atoms with Gasteiger partial charge in [0.15, 0.2) is 0 Å². The van der Waals surface area contributed by atoms with E-state index in [0.717, 1.165) is 11.1 Å². The Labute approximate surface area is 236 Å². The van der Waals surface area contributed by atoms with Crippen molar-refractivity contribution in [3.63, 3.8) is 0 Å². The standard InChI is InChI=1S/C32H41N3O5/c1-6-31-14-15-32(40-31)26(25(31)28(37)33-22-10-8-7-9-11-22)30(39)35(23(18-36)16-19(2)3)27(32)29(38)34-24-17-20(4)12-13-21(24)5/h7-13,17,19,23,25-27,36H,6,14-16,18H2,1-5H3,(H,33,37)(H,34,38)/t23-,25+,26+,27?,31-,32?/m1/s1. The molecule has 8 nitrogen and oxygen atoms in total. The number of likely N-dealkylation sites (tertiary alicyclic amines) is 1. The number of aliphatic hydroxyl groups excluding tert-OH is 1. The number of rotatable bonds is 9. The van der Waals surface area contributed by atoms with Crippen molar-refractivity contribution in [2.75, 3.05) is 17.2 Å². The maximum absolute atomic E-state index is 14.4. The van der Waals surface area contributed by atoms with Crippen molar-refractivity contribution in [3.05, 3.63) is 59.7 Å². The van der Waals surface area contributed by atoms with E-state index in [9.17, 15) is 19.5 Å². The molecule has 0 aromatic heterocycles. The number of anilines is 2. The van der Waals surface area contributed by atoms with Gasteiger partial charge in [-0.15, -0.1) is 0 Å². The molecule has 3 amide bonds. The molecule has 2 aromatic carbocycles. The lowest BCUT2D eigenvalue weighted by atomic mass is 9.65. The highest BCUT2D eigenvalue weighted by Crippen LogP contribution is 2.64. The van der Waals surface area contributed by atoms with Crippen LogP contribution in [0.1, 0.15) is 57.6 Å². The number of benzene rings is 2. The zero-order chi connectivity index (χ0) is 28.8. The van der Waals surface area contributed by atoms with Crippen molar-refractivity contribution >= 4 is 29.1 Å². The van der Waals surface area contributed by atoms with Gasteiger partial charge in [0.25, 0.3) is 0 Å². The Morgan fingerprint density at radius 1 is 1.07 bits per heavy atom. The molecule has 0 radical (unpaired) electrons. The van der Waals surface area contributed by atoms with Crippen molar-refractivity contribution in [3.8, 4) is 0 Å². The second kappa shape index (κ2) is 10.6. The number of carbonyl (C=O) groups excluding carboxylic acids is 3. The van der Waals surface area contributed by atoms with Crippen molar-refractivity contribution in [1.82, 2.24) is 4.90 Å². The zero-order valence-corrected chi connectivity index (χ0v) is 24.1. The molecule has 0 saturated carbocycles. The maximum atomic E-state index is 14.4. The molecule has 6 atom stereocenters. The Morgan fingerprint density at radius 2 is 1.80 bits per heavy atom. The largest absolute Gasteiger partial charge is 0.394 e. The highest BCUT2D eigenvalue weighted by molar-refractivity contribution is 6.05. The SMILES string of the molecule is CC[C@]12CCC3(O1)C(C(=O)Nc1cc(C)ccc1C)N([C@@H](CO)CC(C)C)C(=O)[C@@H]3[C@H]2C(=O)Nc1ccccc1. The second-order valence-corrected chi connectivity index (χ2v) is 12.2. The fourth-order valence-electron chi connectivity index (χ4n) is 7.38. The van der Waals surface area contributed by atoms with E-state index < -0.39 is 35.1 Å². The first-order chi connectivity index (χ1) is 19.1. The number of hydrogen-bond acceptors (Lipinski definition) is 5. The molecular formula is C32H41N3O5. The predicted molar refractivity (Wildman–Crippen MR) is 154 cm³/mol. The number of aryl methyl sites for hydroxylation is 2. The normalized spacial score (nSPS) is 29.5. The summed E-state index contributed by atoms with van der Waals surface area (Å²) in [5.41, 5.74) is 1.25. The highest BCUT2D eigenvalue weighted by Gasteiger charge is 2.79. The summed E-state index contributed by atoms with van der Waals surface area (Å²) in [5, 5.41) is 16.6.